The van der Waals surface area contributed by atoms with E-state index in [1.54, 1.807) is 31.2 Å². The quantitative estimate of drug-likeness (QED) is 0.559. The maximum absolute atomic E-state index is 13.3. The number of carbonyl (C=O) groups excluding carboxylic acids is 3. The highest BCUT2D eigenvalue weighted by Gasteiger charge is 2.42. The molecule has 1 aliphatic heterocycles. The maximum atomic E-state index is 13.3. The first kappa shape index (κ1) is 24.2. The highest BCUT2D eigenvalue weighted by Crippen LogP contribution is 2.36. The third-order valence-electron chi connectivity index (χ3n) is 6.85. The maximum Gasteiger partial charge on any atom is 0.262 e. The van der Waals surface area contributed by atoms with Crippen molar-refractivity contribution in [2.45, 2.75) is 83.6 Å². The molecule has 3 amide bonds. The molecule has 6 nitrogen and oxygen atoms in total. The van der Waals surface area contributed by atoms with Crippen LogP contribution in [-0.2, 0) is 17.6 Å². The van der Waals surface area contributed by atoms with Crippen LogP contribution in [0.5, 0.6) is 0 Å². The van der Waals surface area contributed by atoms with Crippen molar-refractivity contribution in [2.75, 3.05) is 5.32 Å². The number of hydrogen-bond acceptors (Lipinski definition) is 5. The van der Waals surface area contributed by atoms with Gasteiger partial charge in [0.05, 0.1) is 16.7 Å². The smallest absolute Gasteiger partial charge is 0.262 e. The largest absolute Gasteiger partial charge is 0.315 e. The molecule has 1 aromatic heterocycles. The van der Waals surface area contributed by atoms with Crippen LogP contribution in [0, 0.1) is 11.3 Å². The summed E-state index contributed by atoms with van der Waals surface area (Å²) in [4.78, 5) is 41.4. The van der Waals surface area contributed by atoms with Gasteiger partial charge in [-0.15, -0.1) is 11.3 Å². The molecule has 0 saturated carbocycles. The molecule has 2 aliphatic rings. The van der Waals surface area contributed by atoms with Crippen molar-refractivity contribution in [1.82, 2.24) is 4.90 Å². The molecule has 0 bridgehead atoms. The van der Waals surface area contributed by atoms with Gasteiger partial charge in [0.1, 0.15) is 17.1 Å². The summed E-state index contributed by atoms with van der Waals surface area (Å²) in [5.41, 5.74) is 2.27. The number of anilines is 1. The highest BCUT2D eigenvalue weighted by molar-refractivity contribution is 7.16. The van der Waals surface area contributed by atoms with Gasteiger partial charge < -0.3 is 5.32 Å². The molecule has 2 aromatic rings. The van der Waals surface area contributed by atoms with Gasteiger partial charge in [0, 0.05) is 4.88 Å². The molecule has 34 heavy (non-hydrogen) atoms. The Morgan fingerprint density at radius 1 is 1.00 bits per heavy atom. The lowest BCUT2D eigenvalue weighted by Crippen LogP contribution is -2.46. The van der Waals surface area contributed by atoms with Gasteiger partial charge in [0.25, 0.3) is 11.8 Å². The molecule has 0 spiro atoms. The van der Waals surface area contributed by atoms with E-state index < -0.39 is 23.8 Å². The highest BCUT2D eigenvalue weighted by atomic mass is 32.1. The number of fused-ring (bicyclic) bond motifs is 2. The molecule has 0 fully saturated rings. The second-order valence-electron chi connectivity index (χ2n) is 9.09. The summed E-state index contributed by atoms with van der Waals surface area (Å²) in [6.07, 6.45) is 11.5. The lowest BCUT2D eigenvalue weighted by atomic mass is 9.98. The van der Waals surface area contributed by atoms with E-state index in [0.29, 0.717) is 28.1 Å². The van der Waals surface area contributed by atoms with E-state index in [9.17, 15) is 19.6 Å². The molecule has 0 saturated heterocycles. The Kier molecular flexibility index (Phi) is 7.79. The molecule has 1 aromatic carbocycles. The molecule has 1 N–H and O–H groups in total. The van der Waals surface area contributed by atoms with Crippen molar-refractivity contribution >= 4 is 34.1 Å². The molecular weight excluding hydrogens is 446 g/mol. The monoisotopic (exact) mass is 477 g/mol. The summed E-state index contributed by atoms with van der Waals surface area (Å²) in [5.74, 6) is -1.31. The lowest BCUT2D eigenvalue weighted by Gasteiger charge is -2.24. The number of nitrogens with zero attached hydrogens (tertiary/aromatic N) is 2. The normalized spacial score (nSPS) is 17.7. The molecule has 7 heteroatoms. The predicted molar refractivity (Wildman–Crippen MR) is 133 cm³/mol. The SMILES string of the molecule is CCC(C(=O)Nc1sc2c(c1C#N)CCCCCCCCCC2)N1C(=O)c2ccccc2C1=O. The number of aryl methyl sites for hydroxylation is 1. The van der Waals surface area contributed by atoms with Gasteiger partial charge >= 0.3 is 0 Å². The van der Waals surface area contributed by atoms with Crippen molar-refractivity contribution in [3.63, 3.8) is 0 Å². The topological polar surface area (TPSA) is 90.3 Å². The first-order chi connectivity index (χ1) is 16.6. The number of thiophene rings is 1. The molecule has 4 rings (SSSR count). The Hall–Kier alpha value is -2.98. The molecule has 2 heterocycles. The van der Waals surface area contributed by atoms with Crippen LogP contribution < -0.4 is 5.32 Å². The Bertz CT molecular complexity index is 1100. The summed E-state index contributed by atoms with van der Waals surface area (Å²) in [6, 6.07) is 8.05. The van der Waals surface area contributed by atoms with Crippen molar-refractivity contribution in [1.29, 1.82) is 5.26 Å². The fourth-order valence-corrected chi connectivity index (χ4v) is 6.25. The Morgan fingerprint density at radius 3 is 2.12 bits per heavy atom. The van der Waals surface area contributed by atoms with Crippen LogP contribution in [0.25, 0.3) is 0 Å². The number of nitriles is 1. The number of imide groups is 1. The second-order valence-corrected chi connectivity index (χ2v) is 10.2. The van der Waals surface area contributed by atoms with Gasteiger partial charge in [-0.2, -0.15) is 5.26 Å². The third-order valence-corrected chi connectivity index (χ3v) is 8.05. The number of nitrogens with one attached hydrogen (secondary N) is 1. The van der Waals surface area contributed by atoms with E-state index >= 15 is 0 Å². The molecule has 1 atom stereocenters. The van der Waals surface area contributed by atoms with Gasteiger partial charge in [-0.1, -0.05) is 57.6 Å². The summed E-state index contributed by atoms with van der Waals surface area (Å²) >= 11 is 1.48. The molecular formula is C27H31N3O3S. The molecule has 0 radical (unpaired) electrons. The fourth-order valence-electron chi connectivity index (χ4n) is 5.00. The van der Waals surface area contributed by atoms with Crippen molar-refractivity contribution < 1.29 is 14.4 Å². The number of carbonyl (C=O) groups is 3. The standard InChI is InChI=1S/C27H31N3O3S/c1-2-22(30-26(32)19-14-11-12-15-20(19)27(30)33)24(31)29-25-21(17-28)18-13-9-7-5-3-4-6-8-10-16-23(18)34-25/h11-12,14-15,22H,2-10,13,16H2,1H3,(H,29,31). The first-order valence-corrected chi connectivity index (χ1v) is 13.2. The Labute approximate surface area is 205 Å². The number of benzene rings is 1. The van der Waals surface area contributed by atoms with Crippen LogP contribution in [0.3, 0.4) is 0 Å². The summed E-state index contributed by atoms with van der Waals surface area (Å²) in [7, 11) is 0. The zero-order valence-electron chi connectivity index (χ0n) is 19.7. The first-order valence-electron chi connectivity index (χ1n) is 12.4. The predicted octanol–water partition coefficient (Wildman–Crippen LogP) is 5.85. The zero-order valence-corrected chi connectivity index (χ0v) is 20.5. The van der Waals surface area contributed by atoms with E-state index in [0.717, 1.165) is 42.6 Å². The van der Waals surface area contributed by atoms with E-state index in [1.807, 2.05) is 0 Å². The lowest BCUT2D eigenvalue weighted by molar-refractivity contribution is -0.120. The van der Waals surface area contributed by atoms with Gasteiger partial charge in [0.2, 0.25) is 5.91 Å². The average Bonchev–Trinajstić information content (AvgIpc) is 3.29. The number of amides is 3. The van der Waals surface area contributed by atoms with E-state index in [4.69, 9.17) is 0 Å². The van der Waals surface area contributed by atoms with Crippen LogP contribution in [0.4, 0.5) is 5.00 Å². The molecule has 1 aliphatic carbocycles. The van der Waals surface area contributed by atoms with Crippen LogP contribution in [0.2, 0.25) is 0 Å². The van der Waals surface area contributed by atoms with Crippen molar-refractivity contribution in [2.24, 2.45) is 0 Å². The van der Waals surface area contributed by atoms with Crippen LogP contribution in [0.15, 0.2) is 24.3 Å². The third kappa shape index (κ3) is 4.78. The summed E-state index contributed by atoms with van der Waals surface area (Å²) in [5, 5.41) is 13.4. The summed E-state index contributed by atoms with van der Waals surface area (Å²) in [6.45, 7) is 1.78. The Balaban J connectivity index is 1.57. The van der Waals surface area contributed by atoms with Crippen molar-refractivity contribution in [3.05, 3.63) is 51.4 Å². The fraction of sp³-hybridized carbons (Fsp3) is 0.481. The number of rotatable bonds is 4. The minimum absolute atomic E-state index is 0.296. The van der Waals surface area contributed by atoms with Crippen LogP contribution in [0.1, 0.15) is 101 Å². The van der Waals surface area contributed by atoms with E-state index in [1.165, 1.54) is 48.3 Å². The molecule has 178 valence electrons. The molecule has 1 unspecified atom stereocenters. The minimum Gasteiger partial charge on any atom is -0.315 e. The van der Waals surface area contributed by atoms with E-state index in [-0.39, 0.29) is 0 Å². The zero-order chi connectivity index (χ0) is 24.1. The Morgan fingerprint density at radius 2 is 1.56 bits per heavy atom. The van der Waals surface area contributed by atoms with Gasteiger partial charge in [-0.3, -0.25) is 19.3 Å². The minimum atomic E-state index is -0.929. The second kappa shape index (κ2) is 11.0. The summed E-state index contributed by atoms with van der Waals surface area (Å²) < 4.78 is 0. The number of hydrogen-bond donors (Lipinski definition) is 1. The van der Waals surface area contributed by atoms with Crippen molar-refractivity contribution in [3.8, 4) is 6.07 Å². The van der Waals surface area contributed by atoms with E-state index in [2.05, 4.69) is 11.4 Å². The van der Waals surface area contributed by atoms with Gasteiger partial charge in [-0.05, 0) is 49.8 Å². The van der Waals surface area contributed by atoms with Gasteiger partial charge in [-0.25, -0.2) is 0 Å². The van der Waals surface area contributed by atoms with Crippen LogP contribution in [-0.4, -0.2) is 28.7 Å². The van der Waals surface area contributed by atoms with Crippen LogP contribution >= 0.6 is 11.3 Å². The average molecular weight is 478 g/mol. The van der Waals surface area contributed by atoms with Gasteiger partial charge in [0.15, 0.2) is 0 Å².